The van der Waals surface area contributed by atoms with Gasteiger partial charge in [-0.25, -0.2) is 18.1 Å². The van der Waals surface area contributed by atoms with Crippen molar-refractivity contribution < 1.29 is 18.3 Å². The maximum absolute atomic E-state index is 11.4. The average Bonchev–Trinajstić information content (AvgIpc) is 2.34. The molecular weight excluding hydrogens is 244 g/mol. The number of nitrogens with zero attached hydrogens (tertiary/aromatic N) is 1. The van der Waals surface area contributed by atoms with Crippen LogP contribution in [-0.2, 0) is 16.6 Å². The van der Waals surface area contributed by atoms with Crippen LogP contribution in [-0.4, -0.2) is 38.0 Å². The van der Waals surface area contributed by atoms with E-state index in [2.05, 4.69) is 9.71 Å². The van der Waals surface area contributed by atoms with Crippen LogP contribution in [0.5, 0.6) is 5.88 Å². The Bertz CT molecular complexity index is 447. The number of sulfonamides is 1. The maximum atomic E-state index is 11.4. The number of methoxy groups -OCH3 is 1. The molecule has 0 aromatic carbocycles. The molecule has 1 heterocycles. The Kier molecular flexibility index (Phi) is 5.33. The van der Waals surface area contributed by atoms with Crippen molar-refractivity contribution in [2.75, 3.05) is 19.5 Å². The number of aromatic nitrogens is 1. The van der Waals surface area contributed by atoms with Gasteiger partial charge in [-0.3, -0.25) is 0 Å². The highest BCUT2D eigenvalue weighted by molar-refractivity contribution is 7.89. The number of ether oxygens (including phenoxy) is 1. The molecule has 96 valence electrons. The van der Waals surface area contributed by atoms with Crippen LogP contribution in [0.3, 0.4) is 0 Å². The fraction of sp³-hybridized carbons (Fsp3) is 0.500. The lowest BCUT2D eigenvalue weighted by Gasteiger charge is -2.06. The Morgan fingerprint density at radius 3 is 2.94 bits per heavy atom. The number of rotatable bonds is 7. The summed E-state index contributed by atoms with van der Waals surface area (Å²) in [6, 6.07) is 3.37. The molecule has 1 rings (SSSR count). The van der Waals surface area contributed by atoms with E-state index in [0.717, 1.165) is 5.56 Å². The van der Waals surface area contributed by atoms with Gasteiger partial charge in [0.1, 0.15) is 0 Å². The van der Waals surface area contributed by atoms with E-state index in [-0.39, 0.29) is 25.3 Å². The van der Waals surface area contributed by atoms with Crippen LogP contribution in [0, 0.1) is 0 Å². The number of pyridine rings is 1. The van der Waals surface area contributed by atoms with Crippen molar-refractivity contribution >= 4 is 10.0 Å². The van der Waals surface area contributed by atoms with Crippen molar-refractivity contribution in [3.8, 4) is 5.88 Å². The third-order valence-corrected chi connectivity index (χ3v) is 3.49. The summed E-state index contributed by atoms with van der Waals surface area (Å²) in [7, 11) is -1.84. The van der Waals surface area contributed by atoms with Gasteiger partial charge in [-0.15, -0.1) is 0 Å². The van der Waals surface area contributed by atoms with Crippen molar-refractivity contribution in [1.82, 2.24) is 9.71 Å². The van der Waals surface area contributed by atoms with Crippen molar-refractivity contribution in [2.45, 2.75) is 13.0 Å². The summed E-state index contributed by atoms with van der Waals surface area (Å²) in [6.45, 7) is 0.0522. The Morgan fingerprint density at radius 1 is 1.53 bits per heavy atom. The lowest BCUT2D eigenvalue weighted by atomic mass is 10.3. The summed E-state index contributed by atoms with van der Waals surface area (Å²) in [5.74, 6) is 0.364. The lowest BCUT2D eigenvalue weighted by Crippen LogP contribution is -2.26. The first-order chi connectivity index (χ1) is 8.07. The molecule has 0 radical (unpaired) electrons. The largest absolute Gasteiger partial charge is 0.481 e. The van der Waals surface area contributed by atoms with E-state index >= 15 is 0 Å². The van der Waals surface area contributed by atoms with Crippen molar-refractivity contribution in [1.29, 1.82) is 0 Å². The highest BCUT2D eigenvalue weighted by Crippen LogP contribution is 2.08. The first kappa shape index (κ1) is 13.9. The highest BCUT2D eigenvalue weighted by Gasteiger charge is 2.09. The van der Waals surface area contributed by atoms with Crippen LogP contribution >= 0.6 is 0 Å². The molecule has 0 aliphatic rings. The molecule has 1 aromatic heterocycles. The van der Waals surface area contributed by atoms with Gasteiger partial charge < -0.3 is 9.84 Å². The Labute approximate surface area is 101 Å². The van der Waals surface area contributed by atoms with Gasteiger partial charge in [-0.2, -0.15) is 0 Å². The summed E-state index contributed by atoms with van der Waals surface area (Å²) in [4.78, 5) is 3.92. The second-order valence-corrected chi connectivity index (χ2v) is 5.35. The second kappa shape index (κ2) is 6.53. The maximum Gasteiger partial charge on any atom is 0.213 e. The van der Waals surface area contributed by atoms with Gasteiger partial charge in [0.15, 0.2) is 0 Å². The molecule has 0 amide bonds. The van der Waals surface area contributed by atoms with E-state index in [9.17, 15) is 8.42 Å². The van der Waals surface area contributed by atoms with E-state index in [4.69, 9.17) is 9.84 Å². The van der Waals surface area contributed by atoms with Crippen LogP contribution in [0.25, 0.3) is 0 Å². The SMILES string of the molecule is COc1cc(CNS(=O)(=O)CCCO)ccn1. The van der Waals surface area contributed by atoms with Gasteiger partial charge in [0, 0.05) is 25.4 Å². The first-order valence-corrected chi connectivity index (χ1v) is 6.80. The molecule has 2 N–H and O–H groups in total. The zero-order chi connectivity index (χ0) is 12.7. The number of nitrogens with one attached hydrogen (secondary N) is 1. The van der Waals surface area contributed by atoms with Crippen LogP contribution in [0.4, 0.5) is 0 Å². The molecule has 0 unspecified atom stereocenters. The van der Waals surface area contributed by atoms with E-state index < -0.39 is 10.0 Å². The predicted octanol–water partition coefficient (Wildman–Crippen LogP) is -0.108. The van der Waals surface area contributed by atoms with Crippen LogP contribution in [0.1, 0.15) is 12.0 Å². The van der Waals surface area contributed by atoms with Crippen molar-refractivity contribution in [3.05, 3.63) is 23.9 Å². The minimum absolute atomic E-state index is 0.0777. The molecule has 0 spiro atoms. The summed E-state index contributed by atoms with van der Waals surface area (Å²) in [5, 5.41) is 8.57. The second-order valence-electron chi connectivity index (χ2n) is 3.42. The van der Waals surface area contributed by atoms with Gasteiger partial charge in [-0.1, -0.05) is 0 Å². The lowest BCUT2D eigenvalue weighted by molar-refractivity contribution is 0.295. The Hall–Kier alpha value is -1.18. The zero-order valence-corrected chi connectivity index (χ0v) is 10.4. The number of hydrogen-bond acceptors (Lipinski definition) is 5. The monoisotopic (exact) mass is 260 g/mol. The molecular formula is C10H16N2O4S. The van der Waals surface area contributed by atoms with Crippen molar-refractivity contribution in [2.24, 2.45) is 0 Å². The topological polar surface area (TPSA) is 88.5 Å². The molecule has 0 aliphatic carbocycles. The van der Waals surface area contributed by atoms with Gasteiger partial charge in [0.2, 0.25) is 15.9 Å². The van der Waals surface area contributed by atoms with Crippen LogP contribution < -0.4 is 9.46 Å². The zero-order valence-electron chi connectivity index (χ0n) is 9.59. The van der Waals surface area contributed by atoms with Gasteiger partial charge in [0.05, 0.1) is 12.9 Å². The molecule has 0 saturated heterocycles. The summed E-state index contributed by atoms with van der Waals surface area (Å²) >= 11 is 0. The molecule has 0 saturated carbocycles. The minimum atomic E-state index is -3.33. The molecule has 6 nitrogen and oxygen atoms in total. The standard InChI is InChI=1S/C10H16N2O4S/c1-16-10-7-9(3-4-11-10)8-12-17(14,15)6-2-5-13/h3-4,7,12-13H,2,5-6,8H2,1H3. The molecule has 17 heavy (non-hydrogen) atoms. The smallest absolute Gasteiger partial charge is 0.213 e. The molecule has 7 heteroatoms. The number of aliphatic hydroxyl groups excluding tert-OH is 1. The molecule has 0 bridgehead atoms. The number of aliphatic hydroxyl groups is 1. The van der Waals surface area contributed by atoms with Gasteiger partial charge in [0.25, 0.3) is 0 Å². The van der Waals surface area contributed by atoms with Gasteiger partial charge >= 0.3 is 0 Å². The van der Waals surface area contributed by atoms with E-state index in [1.807, 2.05) is 0 Å². The summed E-state index contributed by atoms with van der Waals surface area (Å²) in [6.07, 6.45) is 1.78. The fourth-order valence-corrected chi connectivity index (χ4v) is 2.23. The third-order valence-electron chi connectivity index (χ3n) is 2.08. The number of hydrogen-bond donors (Lipinski definition) is 2. The van der Waals surface area contributed by atoms with E-state index in [1.54, 1.807) is 18.3 Å². The quantitative estimate of drug-likeness (QED) is 0.714. The highest BCUT2D eigenvalue weighted by atomic mass is 32.2. The molecule has 0 atom stereocenters. The Balaban J connectivity index is 2.54. The van der Waals surface area contributed by atoms with Crippen molar-refractivity contribution in [3.63, 3.8) is 0 Å². The minimum Gasteiger partial charge on any atom is -0.481 e. The van der Waals surface area contributed by atoms with E-state index in [0.29, 0.717) is 5.88 Å². The third kappa shape index (κ3) is 5.12. The van der Waals surface area contributed by atoms with Gasteiger partial charge in [-0.05, 0) is 18.1 Å². The summed E-state index contributed by atoms with van der Waals surface area (Å²) < 4.78 is 30.3. The van der Waals surface area contributed by atoms with E-state index in [1.165, 1.54) is 7.11 Å². The predicted molar refractivity (Wildman–Crippen MR) is 63.1 cm³/mol. The fourth-order valence-electron chi connectivity index (χ4n) is 1.19. The Morgan fingerprint density at radius 2 is 2.29 bits per heavy atom. The van der Waals surface area contributed by atoms with Crippen LogP contribution in [0.15, 0.2) is 18.3 Å². The molecule has 0 fully saturated rings. The van der Waals surface area contributed by atoms with Crippen LogP contribution in [0.2, 0.25) is 0 Å². The normalized spacial score (nSPS) is 11.4. The summed E-state index contributed by atoms with van der Waals surface area (Å²) in [5.41, 5.74) is 0.768. The molecule has 1 aromatic rings. The first-order valence-electron chi connectivity index (χ1n) is 5.14. The molecule has 0 aliphatic heterocycles. The average molecular weight is 260 g/mol.